The van der Waals surface area contributed by atoms with Crippen LogP contribution in [0.4, 0.5) is 0 Å². The molecule has 2 unspecified atom stereocenters. The van der Waals surface area contributed by atoms with E-state index in [2.05, 4.69) is 54.7 Å². The van der Waals surface area contributed by atoms with Crippen LogP contribution in [0.3, 0.4) is 0 Å². The van der Waals surface area contributed by atoms with Gasteiger partial charge in [-0.2, -0.15) is 0 Å². The van der Waals surface area contributed by atoms with E-state index in [1.54, 1.807) is 6.92 Å². The summed E-state index contributed by atoms with van der Waals surface area (Å²) in [6.07, 6.45) is 0. The van der Waals surface area contributed by atoms with Gasteiger partial charge in [-0.1, -0.05) is 34.3 Å². The van der Waals surface area contributed by atoms with Gasteiger partial charge in [-0.15, -0.1) is 0 Å². The van der Waals surface area contributed by atoms with Crippen molar-refractivity contribution in [2.45, 2.75) is 79.3 Å². The monoisotopic (exact) mass is 312 g/mol. The molecule has 1 aliphatic heterocycles. The van der Waals surface area contributed by atoms with Gasteiger partial charge in [0.2, 0.25) is 8.32 Å². The molecule has 0 spiro atoms. The maximum absolute atomic E-state index is 11.8. The van der Waals surface area contributed by atoms with Gasteiger partial charge < -0.3 is 9.16 Å². The van der Waals surface area contributed by atoms with Crippen molar-refractivity contribution in [1.29, 1.82) is 0 Å². The quantitative estimate of drug-likeness (QED) is 0.438. The van der Waals surface area contributed by atoms with E-state index in [0.29, 0.717) is 5.57 Å². The highest BCUT2D eigenvalue weighted by molar-refractivity contribution is 6.74. The molecule has 1 rings (SSSR count). The van der Waals surface area contributed by atoms with E-state index in [-0.39, 0.29) is 28.1 Å². The molecule has 0 aromatic carbocycles. The molecule has 1 saturated heterocycles. The van der Waals surface area contributed by atoms with Crippen molar-refractivity contribution in [1.82, 2.24) is 0 Å². The number of esters is 1. The van der Waals surface area contributed by atoms with Crippen LogP contribution in [0.25, 0.3) is 0 Å². The Hall–Kier alpha value is -0.613. The van der Waals surface area contributed by atoms with E-state index in [1.165, 1.54) is 0 Å². The minimum absolute atomic E-state index is 0.0462. The lowest BCUT2D eigenvalue weighted by atomic mass is 9.60. The summed E-state index contributed by atoms with van der Waals surface area (Å²) in [5, 5.41) is 0. The van der Waals surface area contributed by atoms with Gasteiger partial charge >= 0.3 is 5.97 Å². The normalized spacial score (nSPS) is 31.3. The van der Waals surface area contributed by atoms with Crippen molar-refractivity contribution < 1.29 is 14.0 Å². The van der Waals surface area contributed by atoms with Gasteiger partial charge in [0, 0.05) is 5.57 Å². The number of carbonyl (C=O) groups is 1. The number of carbonyl (C=O) groups excluding carboxylic acids is 1. The van der Waals surface area contributed by atoms with Crippen molar-refractivity contribution >= 4 is 14.3 Å². The van der Waals surface area contributed by atoms with E-state index in [1.807, 2.05) is 6.92 Å². The van der Waals surface area contributed by atoms with Gasteiger partial charge in [0.25, 0.3) is 0 Å². The Morgan fingerprint density at radius 2 is 1.71 bits per heavy atom. The summed E-state index contributed by atoms with van der Waals surface area (Å²) in [4.78, 5) is 11.8. The molecule has 1 heterocycles. The first-order chi connectivity index (χ1) is 9.16. The Morgan fingerprint density at radius 3 is 2.10 bits per heavy atom. The molecule has 0 aromatic heterocycles. The third kappa shape index (κ3) is 3.11. The van der Waals surface area contributed by atoms with E-state index in [9.17, 15) is 4.79 Å². The topological polar surface area (TPSA) is 35.5 Å². The molecule has 1 fully saturated rings. The second kappa shape index (κ2) is 5.23. The molecular weight excluding hydrogens is 280 g/mol. The molecule has 0 aromatic rings. The maximum Gasteiger partial charge on any atom is 0.333 e. The van der Waals surface area contributed by atoms with Crippen molar-refractivity contribution in [2.24, 2.45) is 10.8 Å². The molecule has 21 heavy (non-hydrogen) atoms. The van der Waals surface area contributed by atoms with Crippen LogP contribution in [0, 0.1) is 10.8 Å². The number of rotatable bonds is 3. The first-order valence-corrected chi connectivity index (χ1v) is 10.4. The van der Waals surface area contributed by atoms with Gasteiger partial charge in [-0.3, -0.25) is 0 Å². The lowest BCUT2D eigenvalue weighted by molar-refractivity contribution is -0.145. The second-order valence-corrected chi connectivity index (χ2v) is 12.4. The summed E-state index contributed by atoms with van der Waals surface area (Å²) in [7, 11) is -2.19. The van der Waals surface area contributed by atoms with Crippen molar-refractivity contribution in [3.8, 4) is 0 Å². The van der Waals surface area contributed by atoms with Crippen molar-refractivity contribution in [3.63, 3.8) is 0 Å². The SMILES string of the molecule is C=C(C)C(=O)OC(C)[Si]1(C)CC(C)(C)C(C)(C)C(C)(C)O1. The van der Waals surface area contributed by atoms with E-state index in [0.717, 1.165) is 6.04 Å². The molecule has 0 aliphatic carbocycles. The molecule has 0 bridgehead atoms. The molecule has 0 amide bonds. The van der Waals surface area contributed by atoms with Gasteiger partial charge in [0.05, 0.1) is 5.60 Å². The summed E-state index contributed by atoms with van der Waals surface area (Å²) >= 11 is 0. The largest absolute Gasteiger partial charge is 0.460 e. The van der Waals surface area contributed by atoms with Crippen LogP contribution in [0.1, 0.15) is 55.4 Å². The predicted octanol–water partition coefficient (Wildman–Crippen LogP) is 4.47. The highest BCUT2D eigenvalue weighted by Gasteiger charge is 2.60. The minimum Gasteiger partial charge on any atom is -0.460 e. The zero-order valence-electron chi connectivity index (χ0n) is 15.2. The molecule has 1 aliphatic rings. The van der Waals surface area contributed by atoms with Gasteiger partial charge in [-0.05, 0) is 51.1 Å². The highest BCUT2D eigenvalue weighted by atomic mass is 28.4. The fraction of sp³-hybridized carbons (Fsp3) is 0.824. The molecule has 0 radical (unpaired) electrons. The van der Waals surface area contributed by atoms with Gasteiger partial charge in [0.1, 0.15) is 5.73 Å². The Morgan fingerprint density at radius 1 is 1.24 bits per heavy atom. The summed E-state index contributed by atoms with van der Waals surface area (Å²) in [5.74, 6) is -0.319. The van der Waals surface area contributed by atoms with E-state index in [4.69, 9.17) is 9.16 Å². The number of hydrogen-bond acceptors (Lipinski definition) is 3. The fourth-order valence-electron chi connectivity index (χ4n) is 3.27. The summed E-state index contributed by atoms with van der Waals surface area (Å²) in [6.45, 7) is 22.9. The second-order valence-electron chi connectivity index (χ2n) is 8.44. The first-order valence-electron chi connectivity index (χ1n) is 7.73. The predicted molar refractivity (Wildman–Crippen MR) is 89.5 cm³/mol. The van der Waals surface area contributed by atoms with Crippen LogP contribution in [0.2, 0.25) is 12.6 Å². The molecule has 0 N–H and O–H groups in total. The first kappa shape index (κ1) is 18.4. The average Bonchev–Trinajstić information content (AvgIpc) is 2.24. The van der Waals surface area contributed by atoms with Crippen molar-refractivity contribution in [3.05, 3.63) is 12.2 Å². The fourth-order valence-corrected chi connectivity index (χ4v) is 7.77. The smallest absolute Gasteiger partial charge is 0.333 e. The Labute approximate surface area is 131 Å². The summed E-state index contributed by atoms with van der Waals surface area (Å²) < 4.78 is 12.2. The summed E-state index contributed by atoms with van der Waals surface area (Å²) in [6, 6.07) is 0.973. The molecule has 122 valence electrons. The third-order valence-electron chi connectivity index (χ3n) is 5.97. The van der Waals surface area contributed by atoms with Gasteiger partial charge in [-0.25, -0.2) is 4.79 Å². The van der Waals surface area contributed by atoms with Gasteiger partial charge in [0.15, 0.2) is 0 Å². The highest BCUT2D eigenvalue weighted by Crippen LogP contribution is 2.57. The molecule has 4 heteroatoms. The van der Waals surface area contributed by atoms with Crippen LogP contribution >= 0.6 is 0 Å². The zero-order chi connectivity index (χ0) is 16.9. The summed E-state index contributed by atoms with van der Waals surface area (Å²) in [5.41, 5.74) is 0.176. The average molecular weight is 313 g/mol. The molecule has 0 saturated carbocycles. The minimum atomic E-state index is -2.19. The zero-order valence-corrected chi connectivity index (χ0v) is 16.2. The lowest BCUT2D eigenvalue weighted by Gasteiger charge is -2.61. The lowest BCUT2D eigenvalue weighted by Crippen LogP contribution is -2.67. The molecule has 3 nitrogen and oxygen atoms in total. The van der Waals surface area contributed by atoms with Crippen LogP contribution < -0.4 is 0 Å². The number of hydrogen-bond donors (Lipinski definition) is 0. The number of ether oxygens (including phenoxy) is 1. The van der Waals surface area contributed by atoms with Crippen molar-refractivity contribution in [2.75, 3.05) is 0 Å². The van der Waals surface area contributed by atoms with E-state index < -0.39 is 8.32 Å². The molecular formula is C17H32O3Si. The Balaban J connectivity index is 3.08. The van der Waals surface area contributed by atoms with Crippen LogP contribution in [0.15, 0.2) is 12.2 Å². The third-order valence-corrected chi connectivity index (χ3v) is 10.4. The standard InChI is InChI=1S/C17H32O3Si/c1-12(2)14(18)19-13(3)21(10)11-15(4,5)16(6,7)17(8,9)20-21/h13H,1,11H2,2-10H3. The maximum atomic E-state index is 11.8. The van der Waals surface area contributed by atoms with Crippen LogP contribution in [0.5, 0.6) is 0 Å². The Bertz CT molecular complexity index is 429. The van der Waals surface area contributed by atoms with Crippen LogP contribution in [-0.2, 0) is 14.0 Å². The molecule has 2 atom stereocenters. The van der Waals surface area contributed by atoms with Crippen LogP contribution in [-0.4, -0.2) is 25.6 Å². The Kier molecular flexibility index (Phi) is 4.59. The van der Waals surface area contributed by atoms with E-state index >= 15 is 0 Å².